The summed E-state index contributed by atoms with van der Waals surface area (Å²) < 4.78 is 6.93. The van der Waals surface area contributed by atoms with Crippen molar-refractivity contribution in [3.05, 3.63) is 58.1 Å². The van der Waals surface area contributed by atoms with Gasteiger partial charge in [0, 0.05) is 10.5 Å². The number of halogens is 1. The Kier molecular flexibility index (Phi) is 4.74. The molecule has 0 saturated heterocycles. The van der Waals surface area contributed by atoms with Gasteiger partial charge in [0.2, 0.25) is 0 Å². The fourth-order valence-electron chi connectivity index (χ4n) is 2.10. The van der Waals surface area contributed by atoms with Gasteiger partial charge >= 0.3 is 0 Å². The van der Waals surface area contributed by atoms with Crippen molar-refractivity contribution < 1.29 is 4.74 Å². The van der Waals surface area contributed by atoms with Gasteiger partial charge in [-0.05, 0) is 47.7 Å². The van der Waals surface area contributed by atoms with E-state index in [2.05, 4.69) is 48.8 Å². The third-order valence-electron chi connectivity index (χ3n) is 3.40. The molecule has 2 rings (SSSR count). The maximum absolute atomic E-state index is 5.96. The molecule has 2 aromatic carbocycles. The van der Waals surface area contributed by atoms with Crippen molar-refractivity contribution >= 4 is 15.9 Å². The Hall–Kier alpha value is -1.32. The molecule has 1 atom stereocenters. The van der Waals surface area contributed by atoms with E-state index in [1.807, 2.05) is 37.3 Å². The predicted octanol–water partition coefficient (Wildman–Crippen LogP) is 5.56. The molecule has 0 amide bonds. The second-order valence-electron chi connectivity index (χ2n) is 6.35. The number of benzene rings is 2. The molecule has 0 unspecified atom stereocenters. The first-order valence-electron chi connectivity index (χ1n) is 7.11. The van der Waals surface area contributed by atoms with Crippen molar-refractivity contribution in [1.82, 2.24) is 0 Å². The monoisotopic (exact) mass is 347 g/mol. The molecule has 0 spiro atoms. The average molecular weight is 348 g/mol. The summed E-state index contributed by atoms with van der Waals surface area (Å²) in [6.45, 7) is 8.55. The van der Waals surface area contributed by atoms with Gasteiger partial charge in [0.05, 0.1) is 0 Å². The van der Waals surface area contributed by atoms with Crippen LogP contribution in [0.25, 0.3) is 0 Å². The Labute approximate surface area is 135 Å². The highest BCUT2D eigenvalue weighted by molar-refractivity contribution is 9.10. The van der Waals surface area contributed by atoms with E-state index in [0.717, 1.165) is 21.5 Å². The minimum Gasteiger partial charge on any atom is -0.457 e. The highest BCUT2D eigenvalue weighted by Gasteiger charge is 2.14. The molecule has 0 heterocycles. The summed E-state index contributed by atoms with van der Waals surface area (Å²) in [5.41, 5.74) is 8.35. The van der Waals surface area contributed by atoms with Crippen molar-refractivity contribution in [2.24, 2.45) is 5.73 Å². The molecule has 0 aliphatic carbocycles. The Balaban J connectivity index is 2.25. The Morgan fingerprint density at radius 3 is 2.29 bits per heavy atom. The molecule has 2 nitrogen and oxygen atoms in total. The van der Waals surface area contributed by atoms with Crippen molar-refractivity contribution in [2.45, 2.75) is 39.2 Å². The van der Waals surface area contributed by atoms with E-state index in [0.29, 0.717) is 0 Å². The summed E-state index contributed by atoms with van der Waals surface area (Å²) in [5, 5.41) is 0. The van der Waals surface area contributed by atoms with Crippen LogP contribution in [-0.4, -0.2) is 0 Å². The molecule has 3 heteroatoms. The second kappa shape index (κ2) is 6.20. The quantitative estimate of drug-likeness (QED) is 0.788. The van der Waals surface area contributed by atoms with Gasteiger partial charge < -0.3 is 10.5 Å². The van der Waals surface area contributed by atoms with Gasteiger partial charge in [0.25, 0.3) is 0 Å². The number of hydrogen-bond donors (Lipinski definition) is 1. The molecule has 21 heavy (non-hydrogen) atoms. The van der Waals surface area contributed by atoms with Crippen LogP contribution in [0.1, 0.15) is 44.9 Å². The summed E-state index contributed by atoms with van der Waals surface area (Å²) in [4.78, 5) is 0. The highest BCUT2D eigenvalue weighted by Crippen LogP contribution is 2.31. The lowest BCUT2D eigenvalue weighted by atomic mass is 9.87. The van der Waals surface area contributed by atoms with Gasteiger partial charge in [-0.25, -0.2) is 0 Å². The topological polar surface area (TPSA) is 35.2 Å². The number of nitrogens with two attached hydrogens (primary N) is 1. The van der Waals surface area contributed by atoms with Crippen molar-refractivity contribution in [2.75, 3.05) is 0 Å². The molecule has 0 saturated carbocycles. The average Bonchev–Trinajstić information content (AvgIpc) is 2.37. The summed E-state index contributed by atoms with van der Waals surface area (Å²) in [6, 6.07) is 14.1. The number of ether oxygens (including phenoxy) is 1. The van der Waals surface area contributed by atoms with E-state index >= 15 is 0 Å². The third-order valence-corrected chi connectivity index (χ3v) is 4.08. The predicted molar refractivity (Wildman–Crippen MR) is 92.0 cm³/mol. The van der Waals surface area contributed by atoms with Crippen LogP contribution >= 0.6 is 15.9 Å². The van der Waals surface area contributed by atoms with Gasteiger partial charge in [-0.1, -0.05) is 54.9 Å². The lowest BCUT2D eigenvalue weighted by Crippen LogP contribution is -2.10. The fourth-order valence-corrected chi connectivity index (χ4v) is 2.82. The Morgan fingerprint density at radius 1 is 1.05 bits per heavy atom. The maximum Gasteiger partial charge on any atom is 0.128 e. The first-order valence-corrected chi connectivity index (χ1v) is 7.90. The van der Waals surface area contributed by atoms with Crippen molar-refractivity contribution in [3.63, 3.8) is 0 Å². The summed E-state index contributed by atoms with van der Waals surface area (Å²) in [7, 11) is 0. The molecule has 0 aliphatic rings. The lowest BCUT2D eigenvalue weighted by molar-refractivity contribution is 0.478. The second-order valence-corrected chi connectivity index (χ2v) is 7.21. The molecule has 0 aliphatic heterocycles. The first-order chi connectivity index (χ1) is 9.77. The zero-order valence-electron chi connectivity index (χ0n) is 13.0. The van der Waals surface area contributed by atoms with E-state index in [-0.39, 0.29) is 11.5 Å². The van der Waals surface area contributed by atoms with Crippen LogP contribution in [0.5, 0.6) is 11.5 Å². The van der Waals surface area contributed by atoms with Gasteiger partial charge in [0.1, 0.15) is 11.5 Å². The normalized spacial score (nSPS) is 13.0. The van der Waals surface area contributed by atoms with Gasteiger partial charge in [-0.3, -0.25) is 0 Å². The van der Waals surface area contributed by atoms with E-state index in [4.69, 9.17) is 10.5 Å². The molecular weight excluding hydrogens is 326 g/mol. The van der Waals surface area contributed by atoms with Crippen LogP contribution in [-0.2, 0) is 5.41 Å². The highest BCUT2D eigenvalue weighted by atomic mass is 79.9. The van der Waals surface area contributed by atoms with Crippen molar-refractivity contribution in [3.8, 4) is 11.5 Å². The zero-order chi connectivity index (χ0) is 15.6. The smallest absolute Gasteiger partial charge is 0.128 e. The molecule has 112 valence electrons. The van der Waals surface area contributed by atoms with E-state index < -0.39 is 0 Å². The van der Waals surface area contributed by atoms with Gasteiger partial charge in [0.15, 0.2) is 0 Å². The molecule has 0 bridgehead atoms. The molecule has 0 fully saturated rings. The van der Waals surface area contributed by atoms with Crippen LogP contribution in [0.4, 0.5) is 0 Å². The molecule has 0 aromatic heterocycles. The zero-order valence-corrected chi connectivity index (χ0v) is 14.6. The summed E-state index contributed by atoms with van der Waals surface area (Å²) >= 11 is 3.55. The van der Waals surface area contributed by atoms with Crippen LogP contribution in [0.3, 0.4) is 0 Å². The summed E-state index contributed by atoms with van der Waals surface area (Å²) in [5.74, 6) is 1.65. The molecule has 2 aromatic rings. The Bertz CT molecular complexity index is 629. The lowest BCUT2D eigenvalue weighted by Gasteiger charge is -2.20. The summed E-state index contributed by atoms with van der Waals surface area (Å²) in [6.07, 6.45) is 0. The van der Waals surface area contributed by atoms with Crippen molar-refractivity contribution in [1.29, 1.82) is 0 Å². The maximum atomic E-state index is 5.96. The number of hydrogen-bond acceptors (Lipinski definition) is 2. The van der Waals surface area contributed by atoms with E-state index in [1.165, 1.54) is 5.56 Å². The Morgan fingerprint density at radius 2 is 1.71 bits per heavy atom. The molecule has 0 radical (unpaired) electrons. The van der Waals surface area contributed by atoms with Crippen LogP contribution < -0.4 is 10.5 Å². The first kappa shape index (κ1) is 16.1. The molecular formula is C18H22BrNO. The van der Waals surface area contributed by atoms with Gasteiger partial charge in [-0.15, -0.1) is 0 Å². The minimum absolute atomic E-state index is 0.00218. The number of rotatable bonds is 3. The van der Waals surface area contributed by atoms with Crippen LogP contribution in [0.2, 0.25) is 0 Å². The molecule has 2 N–H and O–H groups in total. The minimum atomic E-state index is -0.00218. The fraction of sp³-hybridized carbons (Fsp3) is 0.333. The van der Waals surface area contributed by atoms with Crippen LogP contribution in [0, 0.1) is 0 Å². The van der Waals surface area contributed by atoms with Crippen LogP contribution in [0.15, 0.2) is 46.9 Å². The largest absolute Gasteiger partial charge is 0.457 e. The third kappa shape index (κ3) is 4.08. The SMILES string of the molecule is C[C@@H](N)c1ccc(Oc2cccc(C(C)(C)C)c2)cc1Br. The van der Waals surface area contributed by atoms with E-state index in [9.17, 15) is 0 Å². The van der Waals surface area contributed by atoms with Gasteiger partial charge in [-0.2, -0.15) is 0 Å². The van der Waals surface area contributed by atoms with E-state index in [1.54, 1.807) is 0 Å². The standard InChI is InChI=1S/C18H22BrNO/c1-12(20)16-9-8-15(11-17(16)19)21-14-7-5-6-13(10-14)18(2,3)4/h5-12H,20H2,1-4H3/t12-/m1/s1.